The summed E-state index contributed by atoms with van der Waals surface area (Å²) in [6, 6.07) is 11.6. The molecular weight excluding hydrogens is 358 g/mol. The molecule has 116 valence electrons. The van der Waals surface area contributed by atoms with Crippen LogP contribution in [0.1, 0.15) is 12.8 Å². The first-order chi connectivity index (χ1) is 11.2. The fraction of sp³-hybridized carbons (Fsp3) is 0.333. The van der Waals surface area contributed by atoms with Crippen molar-refractivity contribution < 1.29 is 14.3 Å². The maximum Gasteiger partial charge on any atom is 0.240 e. The molecule has 2 aromatic rings. The molecule has 2 amide bonds. The van der Waals surface area contributed by atoms with Gasteiger partial charge in [0.25, 0.3) is 0 Å². The van der Waals surface area contributed by atoms with Crippen LogP contribution < -0.4 is 4.90 Å². The summed E-state index contributed by atoms with van der Waals surface area (Å²) in [4.78, 5) is 27.3. The van der Waals surface area contributed by atoms with Crippen molar-refractivity contribution in [3.8, 4) is 0 Å². The number of amides is 2. The number of anilines is 1. The van der Waals surface area contributed by atoms with Gasteiger partial charge in [-0.15, -0.1) is 0 Å². The maximum absolute atomic E-state index is 12.9. The van der Waals surface area contributed by atoms with E-state index in [4.69, 9.17) is 4.74 Å². The molecule has 4 nitrogen and oxygen atoms in total. The van der Waals surface area contributed by atoms with Gasteiger partial charge in [0.1, 0.15) is 0 Å². The SMILES string of the molecule is O=C1[C@@H]2[C@H](C(=O)N1c1ccc(Br)c3ccccc13)[C@H]1CC[C@@H]2O1. The number of imide groups is 1. The first-order valence-electron chi connectivity index (χ1n) is 7.87. The van der Waals surface area contributed by atoms with E-state index >= 15 is 0 Å². The number of benzene rings is 2. The number of fused-ring (bicyclic) bond motifs is 6. The van der Waals surface area contributed by atoms with Crippen molar-refractivity contribution >= 4 is 44.2 Å². The quantitative estimate of drug-likeness (QED) is 0.722. The summed E-state index contributed by atoms with van der Waals surface area (Å²) < 4.78 is 6.75. The van der Waals surface area contributed by atoms with Crippen molar-refractivity contribution in [3.63, 3.8) is 0 Å². The van der Waals surface area contributed by atoms with E-state index in [-0.39, 0.29) is 35.9 Å². The van der Waals surface area contributed by atoms with Crippen molar-refractivity contribution in [3.05, 3.63) is 40.9 Å². The smallest absolute Gasteiger partial charge is 0.240 e. The summed E-state index contributed by atoms with van der Waals surface area (Å²) in [5.41, 5.74) is 0.688. The summed E-state index contributed by atoms with van der Waals surface area (Å²) in [6.45, 7) is 0. The number of hydrogen-bond acceptors (Lipinski definition) is 3. The number of carbonyl (C=O) groups is 2. The van der Waals surface area contributed by atoms with Crippen molar-refractivity contribution in [1.29, 1.82) is 0 Å². The first kappa shape index (κ1) is 13.7. The molecule has 3 fully saturated rings. The van der Waals surface area contributed by atoms with E-state index in [1.165, 1.54) is 4.90 Å². The second-order valence-electron chi connectivity index (χ2n) is 6.47. The Morgan fingerprint density at radius 1 is 0.913 bits per heavy atom. The minimum absolute atomic E-state index is 0.0758. The zero-order valence-corrected chi connectivity index (χ0v) is 13.8. The Bertz CT molecular complexity index is 836. The lowest BCUT2D eigenvalue weighted by atomic mass is 9.81. The van der Waals surface area contributed by atoms with Gasteiger partial charge in [-0.2, -0.15) is 0 Å². The van der Waals surface area contributed by atoms with Crippen LogP contribution >= 0.6 is 15.9 Å². The molecule has 23 heavy (non-hydrogen) atoms. The Balaban J connectivity index is 1.67. The van der Waals surface area contributed by atoms with Gasteiger partial charge in [0.05, 0.1) is 29.7 Å². The molecule has 5 heteroatoms. The summed E-state index contributed by atoms with van der Waals surface area (Å²) >= 11 is 3.54. The van der Waals surface area contributed by atoms with Gasteiger partial charge in [0.2, 0.25) is 11.8 Å². The van der Waals surface area contributed by atoms with E-state index in [1.54, 1.807) is 0 Å². The molecule has 3 aliphatic rings. The molecule has 3 aliphatic heterocycles. The Labute approximate surface area is 141 Å². The highest BCUT2D eigenvalue weighted by Gasteiger charge is 2.62. The van der Waals surface area contributed by atoms with Crippen molar-refractivity contribution in [2.75, 3.05) is 4.90 Å². The molecule has 2 aromatic carbocycles. The topological polar surface area (TPSA) is 46.6 Å². The van der Waals surface area contributed by atoms with E-state index in [0.717, 1.165) is 28.1 Å². The molecule has 0 N–H and O–H groups in total. The standard InChI is InChI=1S/C18H14BrNO3/c19-11-5-6-12(10-4-2-1-3-9(10)11)20-17(21)15-13-7-8-14(23-13)16(15)18(20)22/h1-6,13-16H,7-8H2/t13-,14+,15-,16+. The molecule has 2 bridgehead atoms. The number of ether oxygens (including phenoxy) is 1. The lowest BCUT2D eigenvalue weighted by molar-refractivity contribution is -0.124. The average Bonchev–Trinajstić information content (AvgIpc) is 3.24. The van der Waals surface area contributed by atoms with Gasteiger partial charge < -0.3 is 4.74 Å². The van der Waals surface area contributed by atoms with E-state index < -0.39 is 0 Å². The third-order valence-electron chi connectivity index (χ3n) is 5.37. The van der Waals surface area contributed by atoms with E-state index in [1.807, 2.05) is 36.4 Å². The average molecular weight is 372 g/mol. The van der Waals surface area contributed by atoms with Crippen LogP contribution in [0.4, 0.5) is 5.69 Å². The summed E-state index contributed by atoms with van der Waals surface area (Å²) in [5.74, 6) is -0.772. The largest absolute Gasteiger partial charge is 0.373 e. The number of hydrogen-bond donors (Lipinski definition) is 0. The molecule has 0 saturated carbocycles. The van der Waals surface area contributed by atoms with Crippen LogP contribution in [0.5, 0.6) is 0 Å². The van der Waals surface area contributed by atoms with Crippen LogP contribution in [0, 0.1) is 11.8 Å². The van der Waals surface area contributed by atoms with E-state index in [2.05, 4.69) is 15.9 Å². The van der Waals surface area contributed by atoms with Gasteiger partial charge in [-0.25, -0.2) is 4.90 Å². The van der Waals surface area contributed by atoms with E-state index in [0.29, 0.717) is 5.69 Å². The van der Waals surface area contributed by atoms with Crippen molar-refractivity contribution in [2.45, 2.75) is 25.0 Å². The highest BCUT2D eigenvalue weighted by atomic mass is 79.9. The van der Waals surface area contributed by atoms with Crippen LogP contribution in [0.25, 0.3) is 10.8 Å². The highest BCUT2D eigenvalue weighted by molar-refractivity contribution is 9.10. The summed E-state index contributed by atoms with van der Waals surface area (Å²) in [5, 5.41) is 1.92. The van der Waals surface area contributed by atoms with Crippen molar-refractivity contribution in [1.82, 2.24) is 0 Å². The highest BCUT2D eigenvalue weighted by Crippen LogP contribution is 2.50. The summed E-state index contributed by atoms with van der Waals surface area (Å²) in [7, 11) is 0. The van der Waals surface area contributed by atoms with Gasteiger partial charge >= 0.3 is 0 Å². The van der Waals surface area contributed by atoms with Gasteiger partial charge in [-0.1, -0.05) is 40.2 Å². The first-order valence-corrected chi connectivity index (χ1v) is 8.66. The predicted molar refractivity (Wildman–Crippen MR) is 89.0 cm³/mol. The zero-order valence-electron chi connectivity index (χ0n) is 12.2. The fourth-order valence-electron chi connectivity index (χ4n) is 4.39. The lowest BCUT2D eigenvalue weighted by Crippen LogP contribution is -2.34. The van der Waals surface area contributed by atoms with Crippen LogP contribution in [0.15, 0.2) is 40.9 Å². The third-order valence-corrected chi connectivity index (χ3v) is 6.06. The van der Waals surface area contributed by atoms with Crippen LogP contribution in [0.3, 0.4) is 0 Å². The third kappa shape index (κ3) is 1.69. The second-order valence-corrected chi connectivity index (χ2v) is 7.32. The predicted octanol–water partition coefficient (Wildman–Crippen LogP) is 3.27. The Kier molecular flexibility index (Phi) is 2.77. The monoisotopic (exact) mass is 371 g/mol. The second kappa shape index (κ2) is 4.65. The van der Waals surface area contributed by atoms with Gasteiger partial charge in [0, 0.05) is 9.86 Å². The summed E-state index contributed by atoms with van der Waals surface area (Å²) in [6.07, 6.45) is 1.63. The zero-order chi connectivity index (χ0) is 15.7. The van der Waals surface area contributed by atoms with Gasteiger partial charge in [-0.05, 0) is 30.4 Å². The molecule has 3 saturated heterocycles. The Hall–Kier alpha value is -1.72. The van der Waals surface area contributed by atoms with Crippen LogP contribution in [-0.2, 0) is 14.3 Å². The van der Waals surface area contributed by atoms with Crippen LogP contribution in [-0.4, -0.2) is 24.0 Å². The van der Waals surface area contributed by atoms with Crippen LogP contribution in [0.2, 0.25) is 0 Å². The molecule has 3 heterocycles. The minimum atomic E-state index is -0.288. The van der Waals surface area contributed by atoms with Gasteiger partial charge in [-0.3, -0.25) is 9.59 Å². The molecule has 4 atom stereocenters. The number of rotatable bonds is 1. The Morgan fingerprint density at radius 3 is 2.17 bits per heavy atom. The normalized spacial score (nSPS) is 32.1. The molecule has 0 radical (unpaired) electrons. The Morgan fingerprint density at radius 2 is 1.52 bits per heavy atom. The molecule has 5 rings (SSSR count). The molecule has 0 spiro atoms. The number of nitrogens with zero attached hydrogens (tertiary/aromatic N) is 1. The number of halogens is 1. The van der Waals surface area contributed by atoms with Crippen molar-refractivity contribution in [2.24, 2.45) is 11.8 Å². The molecule has 0 unspecified atom stereocenters. The maximum atomic E-state index is 12.9. The fourth-order valence-corrected chi connectivity index (χ4v) is 4.87. The lowest BCUT2D eigenvalue weighted by Gasteiger charge is -2.20. The molecular formula is C18H14BrNO3. The van der Waals surface area contributed by atoms with Gasteiger partial charge in [0.15, 0.2) is 0 Å². The van der Waals surface area contributed by atoms with E-state index in [9.17, 15) is 9.59 Å². The number of carbonyl (C=O) groups excluding carboxylic acids is 2. The molecule has 0 aromatic heterocycles. The molecule has 0 aliphatic carbocycles. The minimum Gasteiger partial charge on any atom is -0.373 e.